The topological polar surface area (TPSA) is 63.2 Å². The zero-order valence-corrected chi connectivity index (χ0v) is 15.1. The Hall–Kier alpha value is 0.247. The Bertz CT molecular complexity index is 242. The first-order valence-electron chi connectivity index (χ1n) is 7.15. The highest BCUT2D eigenvalue weighted by Gasteiger charge is 2.44. The summed E-state index contributed by atoms with van der Waals surface area (Å²) >= 11 is 0. The van der Waals surface area contributed by atoms with Crippen LogP contribution < -0.4 is 0 Å². The molecule has 0 radical (unpaired) electrons. The Morgan fingerprint density at radius 1 is 0.850 bits per heavy atom. The zero-order valence-electron chi connectivity index (χ0n) is 13.1. The molecule has 0 N–H and O–H groups in total. The van der Waals surface area contributed by atoms with Crippen molar-refractivity contribution in [1.29, 1.82) is 0 Å². The average Bonchev–Trinajstić information content (AvgIpc) is 2.47. The second-order valence-electron chi connectivity index (χ2n) is 4.43. The SMILES string of the molecule is CCCCCCCCCO[PH](=O)O[Si](OC)(OC)OC. The molecule has 0 aliphatic rings. The molecule has 20 heavy (non-hydrogen) atoms. The third-order valence-electron chi connectivity index (χ3n) is 2.93. The summed E-state index contributed by atoms with van der Waals surface area (Å²) in [5, 5.41) is 0. The van der Waals surface area contributed by atoms with Crippen molar-refractivity contribution in [3.8, 4) is 0 Å². The van der Waals surface area contributed by atoms with E-state index in [-0.39, 0.29) is 0 Å². The van der Waals surface area contributed by atoms with Crippen LogP contribution in [-0.4, -0.2) is 37.0 Å². The molecule has 0 heterocycles. The molecule has 0 aliphatic carbocycles. The molecule has 0 rings (SSSR count). The van der Waals surface area contributed by atoms with Gasteiger partial charge in [-0.15, -0.1) is 0 Å². The molecule has 0 spiro atoms. The van der Waals surface area contributed by atoms with E-state index in [1.165, 1.54) is 53.4 Å². The minimum atomic E-state index is -3.26. The van der Waals surface area contributed by atoms with Crippen LogP contribution in [0, 0.1) is 0 Å². The van der Waals surface area contributed by atoms with Gasteiger partial charge in [-0.3, -0.25) is 8.78 Å². The number of hydrogen-bond acceptors (Lipinski definition) is 6. The van der Waals surface area contributed by atoms with Crippen molar-refractivity contribution < 1.29 is 26.6 Å². The second-order valence-corrected chi connectivity index (χ2v) is 8.26. The smallest absolute Gasteiger partial charge is 0.354 e. The molecule has 0 amide bonds. The van der Waals surface area contributed by atoms with E-state index in [9.17, 15) is 4.57 Å². The molecule has 0 saturated heterocycles. The van der Waals surface area contributed by atoms with Crippen molar-refractivity contribution in [2.45, 2.75) is 51.9 Å². The highest BCUT2D eigenvalue weighted by atomic mass is 31.1. The lowest BCUT2D eigenvalue weighted by Gasteiger charge is -2.22. The van der Waals surface area contributed by atoms with Crippen molar-refractivity contribution in [1.82, 2.24) is 0 Å². The molecule has 0 saturated carbocycles. The van der Waals surface area contributed by atoms with Gasteiger partial charge in [-0.2, -0.15) is 0 Å². The lowest BCUT2D eigenvalue weighted by atomic mass is 10.1. The van der Waals surface area contributed by atoms with Crippen molar-refractivity contribution in [3.05, 3.63) is 0 Å². The Morgan fingerprint density at radius 2 is 1.35 bits per heavy atom. The molecule has 0 aromatic heterocycles. The lowest BCUT2D eigenvalue weighted by Crippen LogP contribution is -2.44. The Balaban J connectivity index is 3.63. The summed E-state index contributed by atoms with van der Waals surface area (Å²) in [6.07, 6.45) is 8.27. The standard InChI is InChI=1S/C12H29O6PSi/c1-5-6-7-8-9-10-11-12-17-19(13)18-20(14-2,15-3)16-4/h19H,5-12H2,1-4H3. The van der Waals surface area contributed by atoms with Crippen molar-refractivity contribution in [2.24, 2.45) is 0 Å². The van der Waals surface area contributed by atoms with Crippen LogP contribution in [0.25, 0.3) is 0 Å². The van der Waals surface area contributed by atoms with Crippen molar-refractivity contribution in [3.63, 3.8) is 0 Å². The first kappa shape index (κ1) is 20.2. The highest BCUT2D eigenvalue weighted by Crippen LogP contribution is 2.30. The maximum atomic E-state index is 11.6. The van der Waals surface area contributed by atoms with Crippen LogP contribution in [0.2, 0.25) is 0 Å². The molecular formula is C12H29O6PSi. The van der Waals surface area contributed by atoms with Gasteiger partial charge < -0.3 is 17.8 Å². The van der Waals surface area contributed by atoms with Crippen LogP contribution in [0.1, 0.15) is 51.9 Å². The summed E-state index contributed by atoms with van der Waals surface area (Å²) in [6.45, 7) is 2.63. The minimum absolute atomic E-state index is 0.424. The van der Waals surface area contributed by atoms with E-state index in [1.807, 2.05) is 0 Å². The number of rotatable bonds is 14. The third-order valence-corrected chi connectivity index (χ3v) is 6.53. The predicted octanol–water partition coefficient (Wildman–Crippen LogP) is 3.53. The fraction of sp³-hybridized carbons (Fsp3) is 1.00. The van der Waals surface area contributed by atoms with E-state index in [0.717, 1.165) is 12.8 Å². The van der Waals surface area contributed by atoms with Crippen LogP contribution in [-0.2, 0) is 26.6 Å². The molecule has 1 unspecified atom stereocenters. The van der Waals surface area contributed by atoms with Gasteiger partial charge in [0.25, 0.3) is 0 Å². The third kappa shape index (κ3) is 9.23. The van der Waals surface area contributed by atoms with Crippen LogP contribution in [0.3, 0.4) is 0 Å². The van der Waals surface area contributed by atoms with Gasteiger partial charge in [0.2, 0.25) is 0 Å². The van der Waals surface area contributed by atoms with E-state index in [4.69, 9.17) is 22.0 Å². The summed E-state index contributed by atoms with van der Waals surface area (Å²) in [5.74, 6) is 0. The first-order chi connectivity index (χ1) is 9.64. The highest BCUT2D eigenvalue weighted by molar-refractivity contribution is 7.35. The van der Waals surface area contributed by atoms with E-state index >= 15 is 0 Å². The summed E-state index contributed by atoms with van der Waals surface area (Å²) in [6, 6.07) is 0. The van der Waals surface area contributed by atoms with E-state index in [1.54, 1.807) is 0 Å². The van der Waals surface area contributed by atoms with Crippen LogP contribution >= 0.6 is 8.25 Å². The van der Waals surface area contributed by atoms with Crippen molar-refractivity contribution in [2.75, 3.05) is 27.9 Å². The maximum Gasteiger partial charge on any atom is 0.685 e. The molecule has 0 fully saturated rings. The lowest BCUT2D eigenvalue weighted by molar-refractivity contribution is 0.0472. The number of unbranched alkanes of at least 4 members (excludes halogenated alkanes) is 6. The fourth-order valence-electron chi connectivity index (χ4n) is 1.72. The van der Waals surface area contributed by atoms with Gasteiger partial charge in [-0.25, -0.2) is 0 Å². The van der Waals surface area contributed by atoms with Crippen LogP contribution in [0.15, 0.2) is 0 Å². The normalized spacial score (nSPS) is 13.6. The van der Waals surface area contributed by atoms with Crippen molar-refractivity contribution >= 4 is 17.3 Å². The number of hydrogen-bond donors (Lipinski definition) is 0. The second kappa shape index (κ2) is 12.9. The largest absolute Gasteiger partial charge is 0.685 e. The van der Waals surface area contributed by atoms with Gasteiger partial charge in [0.05, 0.1) is 6.61 Å². The molecule has 1 atom stereocenters. The molecule has 0 bridgehead atoms. The molecular weight excluding hydrogens is 299 g/mol. The molecule has 0 aliphatic heterocycles. The Kier molecular flexibility index (Phi) is 13.1. The van der Waals surface area contributed by atoms with Crippen LogP contribution in [0.4, 0.5) is 0 Å². The fourth-order valence-corrected chi connectivity index (χ4v) is 4.58. The summed E-state index contributed by atoms with van der Waals surface area (Å²) < 4.78 is 37.0. The van der Waals surface area contributed by atoms with Gasteiger partial charge in [0.15, 0.2) is 0 Å². The van der Waals surface area contributed by atoms with E-state index in [2.05, 4.69) is 6.92 Å². The van der Waals surface area contributed by atoms with E-state index < -0.39 is 17.3 Å². The summed E-state index contributed by atoms with van der Waals surface area (Å²) in [7, 11) is -1.73. The summed E-state index contributed by atoms with van der Waals surface area (Å²) in [4.78, 5) is 0. The van der Waals surface area contributed by atoms with Gasteiger partial charge in [0, 0.05) is 21.3 Å². The zero-order chi connectivity index (χ0) is 15.3. The first-order valence-corrected chi connectivity index (χ1v) is 10.0. The van der Waals surface area contributed by atoms with Gasteiger partial charge in [-0.05, 0) is 6.42 Å². The van der Waals surface area contributed by atoms with E-state index in [0.29, 0.717) is 6.61 Å². The Morgan fingerprint density at radius 3 is 1.85 bits per heavy atom. The quantitative estimate of drug-likeness (QED) is 0.276. The Labute approximate surface area is 124 Å². The maximum absolute atomic E-state index is 11.6. The molecule has 8 heteroatoms. The van der Waals surface area contributed by atoms with Gasteiger partial charge in [-0.1, -0.05) is 45.4 Å². The molecule has 122 valence electrons. The molecule has 0 aromatic rings. The van der Waals surface area contributed by atoms with Gasteiger partial charge >= 0.3 is 17.3 Å². The summed E-state index contributed by atoms with van der Waals surface area (Å²) in [5.41, 5.74) is 0. The average molecular weight is 328 g/mol. The molecule has 0 aromatic carbocycles. The monoisotopic (exact) mass is 328 g/mol. The van der Waals surface area contributed by atoms with Gasteiger partial charge in [0.1, 0.15) is 0 Å². The predicted molar refractivity (Wildman–Crippen MR) is 80.8 cm³/mol. The van der Waals surface area contributed by atoms with Crippen LogP contribution in [0.5, 0.6) is 0 Å². The molecule has 6 nitrogen and oxygen atoms in total. The minimum Gasteiger partial charge on any atom is -0.354 e.